The number of thioether (sulfide) groups is 1. The first-order valence-corrected chi connectivity index (χ1v) is 5.46. The minimum atomic E-state index is 0.303. The second-order valence-electron chi connectivity index (χ2n) is 3.01. The first kappa shape index (κ1) is 10.5. The quantitative estimate of drug-likeness (QED) is 0.684. The van der Waals surface area contributed by atoms with Gasteiger partial charge >= 0.3 is 0 Å². The van der Waals surface area contributed by atoms with Crippen LogP contribution in [0.5, 0.6) is 5.75 Å². The molecule has 0 aliphatic heterocycles. The van der Waals surface area contributed by atoms with Crippen LogP contribution in [-0.4, -0.2) is 13.4 Å². The Kier molecular flexibility index (Phi) is 3.67. The van der Waals surface area contributed by atoms with E-state index in [1.807, 2.05) is 6.07 Å². The van der Waals surface area contributed by atoms with E-state index in [4.69, 9.17) is 4.74 Å². The molecule has 1 atom stereocenters. The van der Waals surface area contributed by atoms with Gasteiger partial charge in [-0.3, -0.25) is 0 Å². The molecule has 0 bridgehead atoms. The Morgan fingerprint density at radius 2 is 2.15 bits per heavy atom. The van der Waals surface area contributed by atoms with Crippen molar-refractivity contribution >= 4 is 11.8 Å². The molecule has 0 N–H and O–H groups in total. The van der Waals surface area contributed by atoms with Crippen LogP contribution in [0.3, 0.4) is 0 Å². The van der Waals surface area contributed by atoms with Crippen LogP contribution in [0.25, 0.3) is 0 Å². The molecule has 0 heterocycles. The van der Waals surface area contributed by atoms with Crippen molar-refractivity contribution < 1.29 is 4.74 Å². The highest BCUT2D eigenvalue weighted by atomic mass is 32.2. The van der Waals surface area contributed by atoms with Gasteiger partial charge in [-0.15, -0.1) is 11.8 Å². The molecule has 2 heteroatoms. The average molecular weight is 195 g/mol. The SMILES string of the molecule is [CH2]C(C)c1cc(OC)ccc1SC. The maximum Gasteiger partial charge on any atom is 0.119 e. The van der Waals surface area contributed by atoms with Gasteiger partial charge in [-0.2, -0.15) is 0 Å². The van der Waals surface area contributed by atoms with Gasteiger partial charge in [0.25, 0.3) is 0 Å². The molecular formula is C11H15OS. The van der Waals surface area contributed by atoms with Crippen molar-refractivity contribution in [1.82, 2.24) is 0 Å². The van der Waals surface area contributed by atoms with E-state index < -0.39 is 0 Å². The molecular weight excluding hydrogens is 180 g/mol. The van der Waals surface area contributed by atoms with Crippen LogP contribution in [-0.2, 0) is 0 Å². The number of rotatable bonds is 3. The number of benzene rings is 1. The van der Waals surface area contributed by atoms with Crippen molar-refractivity contribution in [3.05, 3.63) is 30.7 Å². The van der Waals surface area contributed by atoms with E-state index in [0.717, 1.165) is 5.75 Å². The zero-order valence-corrected chi connectivity index (χ0v) is 9.15. The lowest BCUT2D eigenvalue weighted by atomic mass is 10.0. The lowest BCUT2D eigenvalue weighted by Crippen LogP contribution is -1.92. The maximum atomic E-state index is 5.17. The number of hydrogen-bond acceptors (Lipinski definition) is 2. The molecule has 1 unspecified atom stereocenters. The van der Waals surface area contributed by atoms with Crippen LogP contribution in [0.1, 0.15) is 18.4 Å². The third-order valence-corrected chi connectivity index (χ3v) is 2.78. The summed E-state index contributed by atoms with van der Waals surface area (Å²) in [4.78, 5) is 1.28. The molecule has 0 saturated carbocycles. The van der Waals surface area contributed by atoms with E-state index in [-0.39, 0.29) is 0 Å². The summed E-state index contributed by atoms with van der Waals surface area (Å²) in [6.45, 7) is 6.12. The van der Waals surface area contributed by atoms with Crippen LogP contribution in [0, 0.1) is 6.92 Å². The zero-order chi connectivity index (χ0) is 9.84. The fraction of sp³-hybridized carbons (Fsp3) is 0.364. The molecule has 1 rings (SSSR count). The van der Waals surface area contributed by atoms with Gasteiger partial charge in [0.05, 0.1) is 7.11 Å². The van der Waals surface area contributed by atoms with Crippen LogP contribution < -0.4 is 4.74 Å². The average Bonchev–Trinajstić information content (AvgIpc) is 2.16. The van der Waals surface area contributed by atoms with Crippen molar-refractivity contribution in [3.8, 4) is 5.75 Å². The lowest BCUT2D eigenvalue weighted by molar-refractivity contribution is 0.413. The van der Waals surface area contributed by atoms with Gasteiger partial charge in [0, 0.05) is 4.90 Å². The first-order valence-electron chi connectivity index (χ1n) is 4.24. The van der Waals surface area contributed by atoms with Gasteiger partial charge in [-0.25, -0.2) is 0 Å². The van der Waals surface area contributed by atoms with Gasteiger partial charge in [0.2, 0.25) is 0 Å². The molecule has 0 aliphatic carbocycles. The summed E-state index contributed by atoms with van der Waals surface area (Å²) in [6.07, 6.45) is 2.08. The summed E-state index contributed by atoms with van der Waals surface area (Å²) in [6, 6.07) is 6.13. The van der Waals surface area contributed by atoms with E-state index >= 15 is 0 Å². The van der Waals surface area contributed by atoms with E-state index in [1.165, 1.54) is 10.5 Å². The van der Waals surface area contributed by atoms with Gasteiger partial charge in [0.15, 0.2) is 0 Å². The van der Waals surface area contributed by atoms with E-state index in [2.05, 4.69) is 32.2 Å². The predicted molar refractivity (Wildman–Crippen MR) is 58.5 cm³/mol. The van der Waals surface area contributed by atoms with Crippen LogP contribution in [0.4, 0.5) is 0 Å². The van der Waals surface area contributed by atoms with Crippen LogP contribution in [0.2, 0.25) is 0 Å². The molecule has 0 spiro atoms. The molecule has 1 radical (unpaired) electrons. The predicted octanol–water partition coefficient (Wildman–Crippen LogP) is 3.35. The normalized spacial score (nSPS) is 10.5. The van der Waals surface area contributed by atoms with Gasteiger partial charge in [-0.05, 0) is 42.9 Å². The Morgan fingerprint density at radius 1 is 1.46 bits per heavy atom. The highest BCUT2D eigenvalue weighted by Gasteiger charge is 2.06. The largest absolute Gasteiger partial charge is 0.497 e. The molecule has 0 fully saturated rings. The number of ether oxygens (including phenoxy) is 1. The third-order valence-electron chi connectivity index (χ3n) is 1.97. The van der Waals surface area contributed by atoms with Gasteiger partial charge < -0.3 is 4.74 Å². The van der Waals surface area contributed by atoms with E-state index in [9.17, 15) is 0 Å². The molecule has 1 aromatic rings. The third kappa shape index (κ3) is 2.41. The van der Waals surface area contributed by atoms with Crippen LogP contribution >= 0.6 is 11.8 Å². The van der Waals surface area contributed by atoms with Crippen molar-refractivity contribution in [3.63, 3.8) is 0 Å². The fourth-order valence-corrected chi connectivity index (χ4v) is 1.92. The Balaban J connectivity index is 3.10. The fourth-order valence-electron chi connectivity index (χ4n) is 1.22. The van der Waals surface area contributed by atoms with E-state index in [0.29, 0.717) is 5.92 Å². The summed E-state index contributed by atoms with van der Waals surface area (Å²) >= 11 is 1.75. The molecule has 1 aromatic carbocycles. The minimum Gasteiger partial charge on any atom is -0.497 e. The van der Waals surface area contributed by atoms with Crippen molar-refractivity contribution in [1.29, 1.82) is 0 Å². The lowest BCUT2D eigenvalue weighted by Gasteiger charge is -2.12. The van der Waals surface area contributed by atoms with Crippen molar-refractivity contribution in [2.24, 2.45) is 0 Å². The number of methoxy groups -OCH3 is 1. The van der Waals surface area contributed by atoms with Crippen molar-refractivity contribution in [2.45, 2.75) is 17.7 Å². The highest BCUT2D eigenvalue weighted by Crippen LogP contribution is 2.29. The summed E-state index contributed by atoms with van der Waals surface area (Å²) in [5, 5.41) is 0. The Morgan fingerprint density at radius 3 is 2.62 bits per heavy atom. The standard InChI is InChI=1S/C11H15OS/c1-8(2)10-7-9(12-3)5-6-11(10)13-4/h5-8H,1H2,2-4H3. The molecule has 0 aliphatic rings. The molecule has 13 heavy (non-hydrogen) atoms. The number of hydrogen-bond donors (Lipinski definition) is 0. The Hall–Kier alpha value is -0.630. The minimum absolute atomic E-state index is 0.303. The van der Waals surface area contributed by atoms with Crippen LogP contribution in [0.15, 0.2) is 23.1 Å². The first-order chi connectivity index (χ1) is 6.19. The van der Waals surface area contributed by atoms with Crippen molar-refractivity contribution in [2.75, 3.05) is 13.4 Å². The molecule has 1 nitrogen and oxygen atoms in total. The smallest absolute Gasteiger partial charge is 0.119 e. The second kappa shape index (κ2) is 4.56. The second-order valence-corrected chi connectivity index (χ2v) is 3.86. The summed E-state index contributed by atoms with van der Waals surface area (Å²) in [5.74, 6) is 1.21. The van der Waals surface area contributed by atoms with Gasteiger partial charge in [0.1, 0.15) is 5.75 Å². The molecule has 71 valence electrons. The molecule has 0 aromatic heterocycles. The topological polar surface area (TPSA) is 9.23 Å². The van der Waals surface area contributed by atoms with Gasteiger partial charge in [-0.1, -0.05) is 6.92 Å². The Labute approximate surface area is 84.5 Å². The molecule has 0 amide bonds. The Bertz CT molecular complexity index is 281. The maximum absolute atomic E-state index is 5.17. The monoisotopic (exact) mass is 195 g/mol. The van der Waals surface area contributed by atoms with E-state index in [1.54, 1.807) is 18.9 Å². The summed E-state index contributed by atoms with van der Waals surface area (Å²) in [7, 11) is 1.69. The highest BCUT2D eigenvalue weighted by molar-refractivity contribution is 7.98. The summed E-state index contributed by atoms with van der Waals surface area (Å²) in [5.41, 5.74) is 1.26. The molecule has 0 saturated heterocycles. The zero-order valence-electron chi connectivity index (χ0n) is 8.33. The summed E-state index contributed by atoms with van der Waals surface area (Å²) < 4.78 is 5.17.